The molecule has 0 spiro atoms. The minimum Gasteiger partial charge on any atom is -0.452 e. The van der Waals surface area contributed by atoms with E-state index < -0.39 is 30.0 Å². The van der Waals surface area contributed by atoms with Gasteiger partial charge in [0.05, 0.1) is 10.6 Å². The molecule has 2 aromatic carbocycles. The average molecular weight is 369 g/mol. The Bertz CT molecular complexity index is 929. The lowest BCUT2D eigenvalue weighted by atomic mass is 10.2. The van der Waals surface area contributed by atoms with Crippen LogP contribution in [0.25, 0.3) is 11.4 Å². The fourth-order valence-electron chi connectivity index (χ4n) is 1.91. The normalized spacial score (nSPS) is 10.7. The summed E-state index contributed by atoms with van der Waals surface area (Å²) in [5, 5.41) is 3.38. The van der Waals surface area contributed by atoms with Crippen LogP contribution in [0.5, 0.6) is 0 Å². The molecule has 3 aromatic rings. The number of carbonyl (C=O) groups is 1. The lowest BCUT2D eigenvalue weighted by Crippen LogP contribution is -2.07. The van der Waals surface area contributed by atoms with Crippen LogP contribution in [0.3, 0.4) is 0 Å². The SMILES string of the molecule is O=C(OCc1nc(-c2ccc(F)cc2)no1)c1cc(F)c(F)cc1Cl. The van der Waals surface area contributed by atoms with E-state index in [9.17, 15) is 18.0 Å². The summed E-state index contributed by atoms with van der Waals surface area (Å²) >= 11 is 5.69. The van der Waals surface area contributed by atoms with Crippen LogP contribution in [-0.2, 0) is 11.3 Å². The van der Waals surface area contributed by atoms with Crippen LogP contribution in [0.4, 0.5) is 13.2 Å². The third kappa shape index (κ3) is 3.80. The summed E-state index contributed by atoms with van der Waals surface area (Å²) in [7, 11) is 0. The number of nitrogens with zero attached hydrogens (tertiary/aromatic N) is 2. The minimum atomic E-state index is -1.23. The largest absolute Gasteiger partial charge is 0.452 e. The van der Waals surface area contributed by atoms with Crippen LogP contribution >= 0.6 is 11.6 Å². The third-order valence-electron chi connectivity index (χ3n) is 3.13. The number of aromatic nitrogens is 2. The van der Waals surface area contributed by atoms with Gasteiger partial charge in [-0.2, -0.15) is 4.98 Å². The van der Waals surface area contributed by atoms with Crippen molar-refractivity contribution in [2.24, 2.45) is 0 Å². The topological polar surface area (TPSA) is 65.2 Å². The lowest BCUT2D eigenvalue weighted by molar-refractivity contribution is 0.0429. The Kier molecular flexibility index (Phi) is 4.71. The Morgan fingerprint density at radius 3 is 2.52 bits per heavy atom. The van der Waals surface area contributed by atoms with Crippen LogP contribution in [0.1, 0.15) is 16.2 Å². The molecule has 25 heavy (non-hydrogen) atoms. The number of benzene rings is 2. The van der Waals surface area contributed by atoms with Crippen molar-refractivity contribution in [1.29, 1.82) is 0 Å². The molecule has 0 unspecified atom stereocenters. The first kappa shape index (κ1) is 17.0. The number of hydrogen-bond acceptors (Lipinski definition) is 5. The minimum absolute atomic E-state index is 0.0358. The molecule has 0 bridgehead atoms. The van der Waals surface area contributed by atoms with Gasteiger partial charge in [0, 0.05) is 5.56 Å². The zero-order chi connectivity index (χ0) is 18.0. The van der Waals surface area contributed by atoms with Crippen molar-refractivity contribution in [2.75, 3.05) is 0 Å². The van der Waals surface area contributed by atoms with E-state index in [1.54, 1.807) is 0 Å². The van der Waals surface area contributed by atoms with E-state index in [-0.39, 0.29) is 22.3 Å². The first-order chi connectivity index (χ1) is 11.9. The molecule has 0 saturated carbocycles. The van der Waals surface area contributed by atoms with Crippen LogP contribution < -0.4 is 0 Å². The van der Waals surface area contributed by atoms with Crippen molar-refractivity contribution in [1.82, 2.24) is 10.1 Å². The Balaban J connectivity index is 1.69. The molecule has 9 heteroatoms. The van der Waals surface area contributed by atoms with Gasteiger partial charge in [-0.3, -0.25) is 0 Å². The van der Waals surface area contributed by atoms with Gasteiger partial charge in [-0.15, -0.1) is 0 Å². The maximum Gasteiger partial charge on any atom is 0.340 e. The van der Waals surface area contributed by atoms with Crippen LogP contribution in [0.15, 0.2) is 40.9 Å². The average Bonchev–Trinajstić information content (AvgIpc) is 3.05. The maximum absolute atomic E-state index is 13.2. The van der Waals surface area contributed by atoms with Crippen molar-refractivity contribution in [3.05, 3.63) is 70.3 Å². The van der Waals surface area contributed by atoms with Gasteiger partial charge in [-0.1, -0.05) is 16.8 Å². The van der Waals surface area contributed by atoms with Gasteiger partial charge in [0.1, 0.15) is 5.82 Å². The fraction of sp³-hybridized carbons (Fsp3) is 0.0625. The summed E-state index contributed by atoms with van der Waals surface area (Å²) in [5.41, 5.74) is 0.171. The number of rotatable bonds is 4. The molecule has 3 rings (SSSR count). The highest BCUT2D eigenvalue weighted by Crippen LogP contribution is 2.21. The van der Waals surface area contributed by atoms with Crippen LogP contribution in [0, 0.1) is 17.5 Å². The molecule has 128 valence electrons. The van der Waals surface area contributed by atoms with E-state index >= 15 is 0 Å². The molecular weight excluding hydrogens is 361 g/mol. The predicted octanol–water partition coefficient (Wildman–Crippen LogP) is 4.16. The van der Waals surface area contributed by atoms with Crippen LogP contribution in [-0.4, -0.2) is 16.1 Å². The molecule has 0 N–H and O–H groups in total. The van der Waals surface area contributed by atoms with Gasteiger partial charge in [-0.25, -0.2) is 18.0 Å². The van der Waals surface area contributed by atoms with E-state index in [2.05, 4.69) is 10.1 Å². The Hall–Kier alpha value is -2.87. The second-order valence-corrected chi connectivity index (χ2v) is 5.25. The number of hydrogen-bond donors (Lipinski definition) is 0. The first-order valence-electron chi connectivity index (χ1n) is 6.84. The van der Waals surface area contributed by atoms with Gasteiger partial charge < -0.3 is 9.26 Å². The summed E-state index contributed by atoms with van der Waals surface area (Å²) in [6.45, 7) is -0.400. The van der Waals surface area contributed by atoms with E-state index in [1.165, 1.54) is 24.3 Å². The third-order valence-corrected chi connectivity index (χ3v) is 3.44. The molecule has 0 aliphatic rings. The number of halogens is 4. The monoisotopic (exact) mass is 368 g/mol. The molecular formula is C16H8ClF3N2O3. The Morgan fingerprint density at radius 1 is 1.12 bits per heavy atom. The zero-order valence-electron chi connectivity index (χ0n) is 12.3. The number of esters is 1. The summed E-state index contributed by atoms with van der Waals surface area (Å²) < 4.78 is 48.9. The van der Waals surface area contributed by atoms with Crippen molar-refractivity contribution >= 4 is 17.6 Å². The summed E-state index contributed by atoms with van der Waals surface area (Å²) in [6, 6.07) is 6.69. The first-order valence-corrected chi connectivity index (χ1v) is 7.22. The molecule has 1 heterocycles. The van der Waals surface area contributed by atoms with Gasteiger partial charge in [0.2, 0.25) is 5.82 Å². The van der Waals surface area contributed by atoms with Crippen molar-refractivity contribution in [3.8, 4) is 11.4 Å². The Labute approximate surface area is 144 Å². The molecule has 5 nitrogen and oxygen atoms in total. The molecule has 1 aromatic heterocycles. The summed E-state index contributed by atoms with van der Waals surface area (Å²) in [6.07, 6.45) is 0. The zero-order valence-corrected chi connectivity index (χ0v) is 13.1. The molecule has 0 amide bonds. The highest BCUT2D eigenvalue weighted by molar-refractivity contribution is 6.33. The maximum atomic E-state index is 13.2. The van der Waals surface area contributed by atoms with E-state index in [1.807, 2.05) is 0 Å². The van der Waals surface area contributed by atoms with Gasteiger partial charge in [-0.05, 0) is 36.4 Å². The van der Waals surface area contributed by atoms with Gasteiger partial charge in [0.15, 0.2) is 18.2 Å². The molecule has 0 aliphatic carbocycles. The van der Waals surface area contributed by atoms with Crippen molar-refractivity contribution < 1.29 is 27.2 Å². The van der Waals surface area contributed by atoms with E-state index in [0.717, 1.165) is 0 Å². The number of ether oxygens (including phenoxy) is 1. The highest BCUT2D eigenvalue weighted by atomic mass is 35.5. The molecule has 0 aliphatic heterocycles. The van der Waals surface area contributed by atoms with E-state index in [4.69, 9.17) is 20.9 Å². The molecule has 0 fully saturated rings. The van der Waals surface area contributed by atoms with Crippen molar-refractivity contribution in [3.63, 3.8) is 0 Å². The van der Waals surface area contributed by atoms with E-state index in [0.29, 0.717) is 17.7 Å². The fourth-order valence-corrected chi connectivity index (χ4v) is 2.14. The number of carbonyl (C=O) groups excluding carboxylic acids is 1. The highest BCUT2D eigenvalue weighted by Gasteiger charge is 2.18. The summed E-state index contributed by atoms with van der Waals surface area (Å²) in [5.74, 6) is -3.66. The second kappa shape index (κ2) is 6.94. The quantitative estimate of drug-likeness (QED) is 0.511. The van der Waals surface area contributed by atoms with Gasteiger partial charge >= 0.3 is 5.97 Å². The van der Waals surface area contributed by atoms with Crippen molar-refractivity contribution in [2.45, 2.75) is 6.61 Å². The predicted molar refractivity (Wildman–Crippen MR) is 80.2 cm³/mol. The second-order valence-electron chi connectivity index (χ2n) is 4.84. The lowest BCUT2D eigenvalue weighted by Gasteiger charge is -2.04. The summed E-state index contributed by atoms with van der Waals surface area (Å²) in [4.78, 5) is 15.9. The molecule has 0 radical (unpaired) electrons. The smallest absolute Gasteiger partial charge is 0.340 e. The van der Waals surface area contributed by atoms with Gasteiger partial charge in [0.25, 0.3) is 5.89 Å². The standard InChI is InChI=1S/C16H8ClF3N2O3/c17-11-6-13(20)12(19)5-10(11)16(23)24-7-14-21-15(22-25-14)8-1-3-9(18)4-2-8/h1-6H,7H2. The molecule has 0 saturated heterocycles. The van der Waals surface area contributed by atoms with Crippen LogP contribution in [0.2, 0.25) is 5.02 Å². The Morgan fingerprint density at radius 2 is 1.80 bits per heavy atom. The molecule has 0 atom stereocenters.